The lowest BCUT2D eigenvalue weighted by Gasteiger charge is -2.33. The fourth-order valence-electron chi connectivity index (χ4n) is 2.23. The molecule has 6 nitrogen and oxygen atoms in total. The van der Waals surface area contributed by atoms with E-state index >= 15 is 0 Å². The van der Waals surface area contributed by atoms with Crippen LogP contribution in [0.2, 0.25) is 0 Å². The highest BCUT2D eigenvalue weighted by molar-refractivity contribution is 5.95. The Morgan fingerprint density at radius 1 is 1.30 bits per heavy atom. The molecule has 0 spiro atoms. The second-order valence-electron chi connectivity index (χ2n) is 4.76. The standard InChI is InChI=1S/C14H20N2O4/c1-4-14(5-2,6-3)15-12-8-7-10(16(19)20)9-11(12)13(17)18/h7-9,15H,4-6H2,1-3H3,(H,17,18). The maximum Gasteiger partial charge on any atom is 0.338 e. The van der Waals surface area contributed by atoms with E-state index in [1.165, 1.54) is 12.1 Å². The molecule has 110 valence electrons. The molecule has 6 heteroatoms. The van der Waals surface area contributed by atoms with Crippen molar-refractivity contribution in [2.45, 2.75) is 45.6 Å². The summed E-state index contributed by atoms with van der Waals surface area (Å²) in [6, 6.07) is 3.88. The third-order valence-electron chi connectivity index (χ3n) is 3.87. The van der Waals surface area contributed by atoms with Crippen LogP contribution in [0.25, 0.3) is 0 Å². The van der Waals surface area contributed by atoms with Gasteiger partial charge in [0.05, 0.1) is 10.5 Å². The summed E-state index contributed by atoms with van der Waals surface area (Å²) in [6.07, 6.45) is 2.53. The van der Waals surface area contributed by atoms with Crippen molar-refractivity contribution in [3.63, 3.8) is 0 Å². The lowest BCUT2D eigenvalue weighted by atomic mass is 9.89. The zero-order valence-electron chi connectivity index (χ0n) is 12.0. The van der Waals surface area contributed by atoms with E-state index in [1.807, 2.05) is 20.8 Å². The summed E-state index contributed by atoms with van der Waals surface area (Å²) >= 11 is 0. The molecule has 1 rings (SSSR count). The van der Waals surface area contributed by atoms with Gasteiger partial charge in [-0.2, -0.15) is 0 Å². The maximum atomic E-state index is 11.3. The van der Waals surface area contributed by atoms with Crippen LogP contribution >= 0.6 is 0 Å². The Balaban J connectivity index is 3.24. The number of nitro groups is 1. The summed E-state index contributed by atoms with van der Waals surface area (Å²) in [5, 5.41) is 23.2. The minimum Gasteiger partial charge on any atom is -0.478 e. The summed E-state index contributed by atoms with van der Waals surface area (Å²) in [7, 11) is 0. The smallest absolute Gasteiger partial charge is 0.338 e. The SMILES string of the molecule is CCC(CC)(CC)Nc1ccc([N+](=O)[O-])cc1C(=O)O. The Morgan fingerprint density at radius 3 is 2.25 bits per heavy atom. The fraction of sp³-hybridized carbons (Fsp3) is 0.500. The zero-order chi connectivity index (χ0) is 15.3. The Kier molecular flexibility index (Phi) is 5.07. The molecule has 0 aliphatic rings. The van der Waals surface area contributed by atoms with Crippen LogP contribution in [0.3, 0.4) is 0 Å². The average Bonchev–Trinajstić information content (AvgIpc) is 2.44. The molecule has 0 radical (unpaired) electrons. The molecule has 0 fully saturated rings. The second-order valence-corrected chi connectivity index (χ2v) is 4.76. The molecule has 0 aliphatic heterocycles. The molecule has 1 aromatic rings. The van der Waals surface area contributed by atoms with Gasteiger partial charge in [0.2, 0.25) is 0 Å². The number of hydrogen-bond acceptors (Lipinski definition) is 4. The number of non-ortho nitro benzene ring substituents is 1. The van der Waals surface area contributed by atoms with Gasteiger partial charge < -0.3 is 10.4 Å². The number of hydrogen-bond donors (Lipinski definition) is 2. The van der Waals surface area contributed by atoms with Gasteiger partial charge in [0.15, 0.2) is 0 Å². The highest BCUT2D eigenvalue weighted by Gasteiger charge is 2.26. The van der Waals surface area contributed by atoms with Gasteiger partial charge in [-0.15, -0.1) is 0 Å². The molecule has 0 bridgehead atoms. The first kappa shape index (κ1) is 15.9. The molecule has 0 saturated carbocycles. The van der Waals surface area contributed by atoms with E-state index in [0.717, 1.165) is 25.3 Å². The largest absolute Gasteiger partial charge is 0.478 e. The highest BCUT2D eigenvalue weighted by Crippen LogP contribution is 2.29. The van der Waals surface area contributed by atoms with Crippen molar-refractivity contribution in [2.24, 2.45) is 0 Å². The molecule has 0 aromatic heterocycles. The minimum absolute atomic E-state index is 0.0704. The van der Waals surface area contributed by atoms with Crippen LogP contribution in [0.15, 0.2) is 18.2 Å². The fourth-order valence-corrected chi connectivity index (χ4v) is 2.23. The molecule has 1 aromatic carbocycles. The summed E-state index contributed by atoms with van der Waals surface area (Å²) in [5.74, 6) is -1.17. The van der Waals surface area contributed by atoms with Crippen molar-refractivity contribution < 1.29 is 14.8 Å². The number of benzene rings is 1. The average molecular weight is 280 g/mol. The quantitative estimate of drug-likeness (QED) is 0.587. The van der Waals surface area contributed by atoms with Crippen LogP contribution in [0, 0.1) is 10.1 Å². The van der Waals surface area contributed by atoms with E-state index in [9.17, 15) is 20.0 Å². The van der Waals surface area contributed by atoms with Crippen LogP contribution in [-0.4, -0.2) is 21.5 Å². The predicted octanol–water partition coefficient (Wildman–Crippen LogP) is 3.67. The van der Waals surface area contributed by atoms with E-state index in [0.29, 0.717) is 5.69 Å². The highest BCUT2D eigenvalue weighted by atomic mass is 16.6. The molecule has 0 atom stereocenters. The molecule has 0 amide bonds. The third-order valence-corrected chi connectivity index (χ3v) is 3.87. The molecular formula is C14H20N2O4. The molecule has 20 heavy (non-hydrogen) atoms. The minimum atomic E-state index is -1.17. The number of anilines is 1. The number of rotatable bonds is 7. The molecule has 0 unspecified atom stereocenters. The summed E-state index contributed by atoms with van der Waals surface area (Å²) in [4.78, 5) is 21.4. The Morgan fingerprint density at radius 2 is 1.85 bits per heavy atom. The van der Waals surface area contributed by atoms with Crippen LogP contribution < -0.4 is 5.32 Å². The summed E-state index contributed by atoms with van der Waals surface area (Å²) < 4.78 is 0. The summed E-state index contributed by atoms with van der Waals surface area (Å²) in [5.41, 5.74) is -0.0593. The summed E-state index contributed by atoms with van der Waals surface area (Å²) in [6.45, 7) is 6.10. The van der Waals surface area contributed by atoms with Gasteiger partial charge in [-0.1, -0.05) is 20.8 Å². The molecule has 2 N–H and O–H groups in total. The number of nitrogens with one attached hydrogen (secondary N) is 1. The van der Waals surface area contributed by atoms with E-state index in [-0.39, 0.29) is 16.8 Å². The van der Waals surface area contributed by atoms with Gasteiger partial charge in [0, 0.05) is 23.4 Å². The van der Waals surface area contributed by atoms with E-state index in [1.54, 1.807) is 0 Å². The van der Waals surface area contributed by atoms with E-state index in [2.05, 4.69) is 5.32 Å². The predicted molar refractivity (Wildman–Crippen MR) is 77.3 cm³/mol. The van der Waals surface area contributed by atoms with Gasteiger partial charge in [0.25, 0.3) is 5.69 Å². The zero-order valence-corrected chi connectivity index (χ0v) is 12.0. The number of carbonyl (C=O) groups is 1. The molecule has 0 aliphatic carbocycles. The lowest BCUT2D eigenvalue weighted by molar-refractivity contribution is -0.384. The number of nitrogens with zero attached hydrogens (tertiary/aromatic N) is 1. The third kappa shape index (κ3) is 3.26. The molecular weight excluding hydrogens is 260 g/mol. The molecule has 0 saturated heterocycles. The second kappa shape index (κ2) is 6.36. The Hall–Kier alpha value is -2.11. The van der Waals surface area contributed by atoms with Crippen LogP contribution in [-0.2, 0) is 0 Å². The molecule has 0 heterocycles. The van der Waals surface area contributed by atoms with Crippen LogP contribution in [0.5, 0.6) is 0 Å². The van der Waals surface area contributed by atoms with E-state index < -0.39 is 10.9 Å². The number of aromatic carboxylic acids is 1. The first-order chi connectivity index (χ1) is 9.39. The number of nitro benzene ring substituents is 1. The topological polar surface area (TPSA) is 92.5 Å². The number of carboxylic acids is 1. The van der Waals surface area contributed by atoms with Crippen molar-refractivity contribution in [1.29, 1.82) is 0 Å². The van der Waals surface area contributed by atoms with Crippen molar-refractivity contribution >= 4 is 17.3 Å². The van der Waals surface area contributed by atoms with Crippen LogP contribution in [0.1, 0.15) is 50.4 Å². The van der Waals surface area contributed by atoms with Gasteiger partial charge in [-0.3, -0.25) is 10.1 Å². The van der Waals surface area contributed by atoms with Crippen molar-refractivity contribution in [3.05, 3.63) is 33.9 Å². The van der Waals surface area contributed by atoms with E-state index in [4.69, 9.17) is 0 Å². The van der Waals surface area contributed by atoms with Gasteiger partial charge in [-0.05, 0) is 25.3 Å². The van der Waals surface area contributed by atoms with Crippen molar-refractivity contribution in [1.82, 2.24) is 0 Å². The normalized spacial score (nSPS) is 11.2. The van der Waals surface area contributed by atoms with Gasteiger partial charge in [0.1, 0.15) is 0 Å². The first-order valence-electron chi connectivity index (χ1n) is 6.69. The number of carboxylic acid groups (broad SMARTS) is 1. The van der Waals surface area contributed by atoms with Gasteiger partial charge >= 0.3 is 5.97 Å². The van der Waals surface area contributed by atoms with Crippen molar-refractivity contribution in [3.8, 4) is 0 Å². The lowest BCUT2D eigenvalue weighted by Crippen LogP contribution is -2.36. The van der Waals surface area contributed by atoms with Gasteiger partial charge in [-0.25, -0.2) is 4.79 Å². The first-order valence-corrected chi connectivity index (χ1v) is 6.69. The maximum absolute atomic E-state index is 11.3. The Bertz CT molecular complexity index is 502. The van der Waals surface area contributed by atoms with Crippen LogP contribution in [0.4, 0.5) is 11.4 Å². The Labute approximate surface area is 118 Å². The van der Waals surface area contributed by atoms with Crippen molar-refractivity contribution in [2.75, 3.05) is 5.32 Å². The monoisotopic (exact) mass is 280 g/mol.